The minimum absolute atomic E-state index is 0.724. The van der Waals surface area contributed by atoms with Gasteiger partial charge in [0.25, 0.3) is 0 Å². The van der Waals surface area contributed by atoms with Crippen molar-refractivity contribution >= 4 is 15.9 Å². The van der Waals surface area contributed by atoms with Crippen LogP contribution in [0, 0.1) is 0 Å². The van der Waals surface area contributed by atoms with Crippen LogP contribution in [0.3, 0.4) is 0 Å². The highest BCUT2D eigenvalue weighted by molar-refractivity contribution is 9.10. The van der Waals surface area contributed by atoms with Crippen LogP contribution >= 0.6 is 15.9 Å². The Bertz CT molecular complexity index is 386. The maximum atomic E-state index is 3.77. The van der Waals surface area contributed by atoms with Crippen LogP contribution in [0.5, 0.6) is 0 Å². The second-order valence-corrected chi connectivity index (χ2v) is 6.56. The zero-order chi connectivity index (χ0) is 12.4. The number of nitrogens with zero attached hydrogens (tertiary/aromatic N) is 1. The molecular formula is C15H21BrN2. The van der Waals surface area contributed by atoms with Gasteiger partial charge < -0.3 is 5.32 Å². The normalized spacial score (nSPS) is 25.3. The Morgan fingerprint density at radius 2 is 1.89 bits per heavy atom. The zero-order valence-electron chi connectivity index (χ0n) is 10.7. The monoisotopic (exact) mass is 308 g/mol. The van der Waals surface area contributed by atoms with E-state index in [-0.39, 0.29) is 0 Å². The molecule has 98 valence electrons. The number of likely N-dealkylation sites (tertiary alicyclic amines) is 1. The molecule has 1 unspecified atom stereocenters. The van der Waals surface area contributed by atoms with Crippen LogP contribution in [-0.4, -0.2) is 30.1 Å². The van der Waals surface area contributed by atoms with Crippen LogP contribution in [0.4, 0.5) is 0 Å². The van der Waals surface area contributed by atoms with Gasteiger partial charge in [0.1, 0.15) is 0 Å². The predicted molar refractivity (Wildman–Crippen MR) is 78.6 cm³/mol. The van der Waals surface area contributed by atoms with E-state index in [0.29, 0.717) is 0 Å². The van der Waals surface area contributed by atoms with E-state index < -0.39 is 0 Å². The smallest absolute Gasteiger partial charge is 0.0234 e. The van der Waals surface area contributed by atoms with E-state index in [0.717, 1.165) is 23.1 Å². The quantitative estimate of drug-likeness (QED) is 0.919. The molecule has 1 aliphatic carbocycles. The van der Waals surface area contributed by atoms with Crippen molar-refractivity contribution in [3.8, 4) is 0 Å². The third-order valence-corrected chi connectivity index (χ3v) is 4.40. The third kappa shape index (κ3) is 3.56. The Balaban J connectivity index is 1.53. The second-order valence-electron chi connectivity index (χ2n) is 5.64. The van der Waals surface area contributed by atoms with Crippen LogP contribution in [0.25, 0.3) is 0 Å². The summed E-state index contributed by atoms with van der Waals surface area (Å²) < 4.78 is 1.16. The molecule has 0 aromatic heterocycles. The van der Waals surface area contributed by atoms with Gasteiger partial charge in [0.05, 0.1) is 0 Å². The van der Waals surface area contributed by atoms with Crippen LogP contribution < -0.4 is 5.32 Å². The van der Waals surface area contributed by atoms with Crippen molar-refractivity contribution in [1.29, 1.82) is 0 Å². The molecule has 0 radical (unpaired) electrons. The molecule has 1 aliphatic heterocycles. The maximum Gasteiger partial charge on any atom is 0.0234 e. The van der Waals surface area contributed by atoms with E-state index >= 15 is 0 Å². The van der Waals surface area contributed by atoms with E-state index in [9.17, 15) is 0 Å². The van der Waals surface area contributed by atoms with Crippen molar-refractivity contribution in [1.82, 2.24) is 10.2 Å². The molecule has 0 bridgehead atoms. The molecule has 1 atom stereocenters. The Morgan fingerprint density at radius 3 is 2.61 bits per heavy atom. The van der Waals surface area contributed by atoms with Crippen molar-refractivity contribution in [2.45, 2.75) is 44.3 Å². The number of hydrogen-bond donors (Lipinski definition) is 1. The highest BCUT2D eigenvalue weighted by atomic mass is 79.9. The summed E-state index contributed by atoms with van der Waals surface area (Å²) >= 11 is 3.49. The number of halogens is 1. The summed E-state index contributed by atoms with van der Waals surface area (Å²) in [6.07, 6.45) is 5.47. The fourth-order valence-electron chi connectivity index (χ4n) is 2.77. The summed E-state index contributed by atoms with van der Waals surface area (Å²) in [5.74, 6) is 0. The average molecular weight is 309 g/mol. The molecule has 2 aliphatic rings. The summed E-state index contributed by atoms with van der Waals surface area (Å²) in [6, 6.07) is 10.3. The average Bonchev–Trinajstić information content (AvgIpc) is 3.17. The Hall–Kier alpha value is -0.380. The first-order valence-corrected chi connectivity index (χ1v) is 7.82. The molecule has 2 fully saturated rings. The van der Waals surface area contributed by atoms with Gasteiger partial charge in [-0.1, -0.05) is 28.1 Å². The van der Waals surface area contributed by atoms with Gasteiger partial charge in [-0.05, 0) is 49.9 Å². The lowest BCUT2D eigenvalue weighted by Crippen LogP contribution is -2.46. The van der Waals surface area contributed by atoms with Gasteiger partial charge in [-0.25, -0.2) is 0 Å². The second kappa shape index (κ2) is 5.72. The fraction of sp³-hybridized carbons (Fsp3) is 0.600. The van der Waals surface area contributed by atoms with Crippen LogP contribution in [-0.2, 0) is 6.54 Å². The van der Waals surface area contributed by atoms with Crippen molar-refractivity contribution < 1.29 is 0 Å². The topological polar surface area (TPSA) is 15.3 Å². The first-order valence-electron chi connectivity index (χ1n) is 7.02. The Morgan fingerprint density at radius 1 is 1.11 bits per heavy atom. The maximum absolute atomic E-state index is 3.77. The van der Waals surface area contributed by atoms with Crippen molar-refractivity contribution in [2.75, 3.05) is 13.1 Å². The highest BCUT2D eigenvalue weighted by Crippen LogP contribution is 2.22. The summed E-state index contributed by atoms with van der Waals surface area (Å²) in [7, 11) is 0. The number of nitrogens with one attached hydrogen (secondary N) is 1. The lowest BCUT2D eigenvalue weighted by molar-refractivity contribution is 0.182. The van der Waals surface area contributed by atoms with Gasteiger partial charge in [0, 0.05) is 29.6 Å². The molecule has 1 saturated heterocycles. The van der Waals surface area contributed by atoms with E-state index in [1.54, 1.807) is 0 Å². The molecule has 3 rings (SSSR count). The van der Waals surface area contributed by atoms with Crippen LogP contribution in [0.1, 0.15) is 31.2 Å². The molecule has 1 N–H and O–H groups in total. The molecule has 1 aromatic rings. The first kappa shape index (κ1) is 12.6. The zero-order valence-corrected chi connectivity index (χ0v) is 12.3. The van der Waals surface area contributed by atoms with Crippen molar-refractivity contribution in [2.24, 2.45) is 0 Å². The van der Waals surface area contributed by atoms with Gasteiger partial charge in [0.15, 0.2) is 0 Å². The van der Waals surface area contributed by atoms with Gasteiger partial charge >= 0.3 is 0 Å². The largest absolute Gasteiger partial charge is 0.310 e. The lowest BCUT2D eigenvalue weighted by Gasteiger charge is -2.33. The SMILES string of the molecule is Brc1ccc(CN2CCCC(NC3CC3)C2)cc1. The molecule has 3 heteroatoms. The summed E-state index contributed by atoms with van der Waals surface area (Å²) in [4.78, 5) is 2.59. The molecule has 1 aromatic carbocycles. The summed E-state index contributed by atoms with van der Waals surface area (Å²) in [5, 5.41) is 3.77. The number of hydrogen-bond acceptors (Lipinski definition) is 2. The fourth-order valence-corrected chi connectivity index (χ4v) is 3.03. The van der Waals surface area contributed by atoms with Crippen molar-refractivity contribution in [3.63, 3.8) is 0 Å². The molecule has 2 nitrogen and oxygen atoms in total. The standard InChI is InChI=1S/C15H21BrN2/c16-13-5-3-12(4-6-13)10-18-9-1-2-15(11-18)17-14-7-8-14/h3-6,14-15,17H,1-2,7-11H2. The van der Waals surface area contributed by atoms with Crippen molar-refractivity contribution in [3.05, 3.63) is 34.3 Å². The van der Waals surface area contributed by atoms with E-state index in [4.69, 9.17) is 0 Å². The third-order valence-electron chi connectivity index (χ3n) is 3.87. The molecule has 1 heterocycles. The predicted octanol–water partition coefficient (Wildman–Crippen LogP) is 3.17. The van der Waals surface area contributed by atoms with E-state index in [1.165, 1.54) is 44.3 Å². The molecule has 0 amide bonds. The minimum atomic E-state index is 0.724. The minimum Gasteiger partial charge on any atom is -0.310 e. The molecule has 18 heavy (non-hydrogen) atoms. The Kier molecular flexibility index (Phi) is 4.02. The summed E-state index contributed by atoms with van der Waals surface area (Å²) in [5.41, 5.74) is 1.42. The van der Waals surface area contributed by atoms with E-state index in [2.05, 4.69) is 50.4 Å². The number of piperidine rings is 1. The molecular weight excluding hydrogens is 288 g/mol. The summed E-state index contributed by atoms with van der Waals surface area (Å²) in [6.45, 7) is 3.56. The molecule has 0 spiro atoms. The van der Waals surface area contributed by atoms with Crippen LogP contribution in [0.15, 0.2) is 28.7 Å². The number of benzene rings is 1. The van der Waals surface area contributed by atoms with Gasteiger partial charge in [-0.2, -0.15) is 0 Å². The Labute approximate surface area is 118 Å². The number of rotatable bonds is 4. The van der Waals surface area contributed by atoms with Gasteiger partial charge in [-0.3, -0.25) is 4.90 Å². The van der Waals surface area contributed by atoms with E-state index in [1.807, 2.05) is 0 Å². The lowest BCUT2D eigenvalue weighted by atomic mass is 10.0. The van der Waals surface area contributed by atoms with Gasteiger partial charge in [-0.15, -0.1) is 0 Å². The van der Waals surface area contributed by atoms with Gasteiger partial charge in [0.2, 0.25) is 0 Å². The molecule has 1 saturated carbocycles. The highest BCUT2D eigenvalue weighted by Gasteiger charge is 2.27. The first-order chi connectivity index (χ1) is 8.79. The van der Waals surface area contributed by atoms with Crippen LogP contribution in [0.2, 0.25) is 0 Å².